The molecule has 1 aromatic carbocycles. The molecule has 26 heavy (non-hydrogen) atoms. The number of primary amides is 1. The van der Waals surface area contributed by atoms with Gasteiger partial charge in [-0.05, 0) is 17.7 Å². The molecule has 2 rings (SSSR count). The van der Waals surface area contributed by atoms with E-state index >= 15 is 0 Å². The van der Waals surface area contributed by atoms with E-state index in [1.54, 1.807) is 18.3 Å². The number of carbonyl (C=O) groups excluding carboxylic acids is 3. The van der Waals surface area contributed by atoms with Crippen LogP contribution in [0.1, 0.15) is 11.3 Å². The van der Waals surface area contributed by atoms with Crippen LogP contribution in [-0.2, 0) is 27.2 Å². The predicted molar refractivity (Wildman–Crippen MR) is 92.8 cm³/mol. The Balaban J connectivity index is 2.15. The molecule has 9 nitrogen and oxygen atoms in total. The molecule has 0 radical (unpaired) electrons. The number of phenols is 1. The van der Waals surface area contributed by atoms with Gasteiger partial charge in [0, 0.05) is 31.8 Å². The van der Waals surface area contributed by atoms with E-state index in [1.807, 2.05) is 0 Å². The molecule has 0 fully saturated rings. The number of nitrogens with zero attached hydrogens (tertiary/aromatic N) is 2. The monoisotopic (exact) mass is 359 g/mol. The zero-order chi connectivity index (χ0) is 19.1. The number of aromatic amines is 1. The lowest BCUT2D eigenvalue weighted by molar-refractivity contribution is -0.140. The number of hydrogen-bond acceptors (Lipinski definition) is 5. The second kappa shape index (κ2) is 8.65. The third-order valence-corrected chi connectivity index (χ3v) is 4.06. The molecule has 0 bridgehead atoms. The molecule has 0 saturated carbocycles. The molecule has 0 aliphatic carbocycles. The van der Waals surface area contributed by atoms with Crippen molar-refractivity contribution in [2.75, 3.05) is 7.05 Å². The van der Waals surface area contributed by atoms with Crippen LogP contribution in [-0.4, -0.2) is 57.3 Å². The number of amides is 3. The average molecular weight is 359 g/mol. The number of aromatic hydroxyl groups is 1. The van der Waals surface area contributed by atoms with Crippen LogP contribution in [0.2, 0.25) is 0 Å². The zero-order valence-electron chi connectivity index (χ0n) is 14.3. The van der Waals surface area contributed by atoms with E-state index in [-0.39, 0.29) is 18.6 Å². The maximum absolute atomic E-state index is 12.8. The highest BCUT2D eigenvalue weighted by Gasteiger charge is 2.30. The second-order valence-electron chi connectivity index (χ2n) is 5.86. The van der Waals surface area contributed by atoms with Crippen molar-refractivity contribution in [1.29, 1.82) is 0 Å². The van der Waals surface area contributed by atoms with Gasteiger partial charge in [-0.1, -0.05) is 12.1 Å². The number of benzene rings is 1. The predicted octanol–water partition coefficient (Wildman–Crippen LogP) is -0.673. The van der Waals surface area contributed by atoms with Gasteiger partial charge >= 0.3 is 0 Å². The highest BCUT2D eigenvalue weighted by atomic mass is 16.3. The number of carbonyl (C=O) groups is 3. The summed E-state index contributed by atoms with van der Waals surface area (Å²) in [6.07, 6.45) is 3.85. The third-order valence-electron chi connectivity index (χ3n) is 4.06. The Hall–Kier alpha value is -3.36. The minimum absolute atomic E-state index is 0.101. The molecule has 0 aliphatic heterocycles. The summed E-state index contributed by atoms with van der Waals surface area (Å²) in [5.41, 5.74) is 6.88. The first kappa shape index (κ1) is 19.0. The van der Waals surface area contributed by atoms with Crippen LogP contribution in [0, 0.1) is 0 Å². The molecule has 2 unspecified atom stereocenters. The van der Waals surface area contributed by atoms with Crippen LogP contribution in [0.15, 0.2) is 36.8 Å². The van der Waals surface area contributed by atoms with Crippen LogP contribution in [0.5, 0.6) is 5.75 Å². The number of H-pyrrole nitrogens is 1. The summed E-state index contributed by atoms with van der Waals surface area (Å²) in [6.45, 7) is 0. The number of nitrogens with one attached hydrogen (secondary N) is 2. The summed E-state index contributed by atoms with van der Waals surface area (Å²) in [7, 11) is 1.46. The number of nitrogens with two attached hydrogens (primary N) is 1. The summed E-state index contributed by atoms with van der Waals surface area (Å²) in [5, 5.41) is 11.8. The fourth-order valence-electron chi connectivity index (χ4n) is 2.60. The molecule has 138 valence electrons. The fourth-order valence-corrected chi connectivity index (χ4v) is 2.60. The first-order valence-corrected chi connectivity index (χ1v) is 7.93. The highest BCUT2D eigenvalue weighted by Crippen LogP contribution is 2.14. The SMILES string of the molecule is CN(C(=O)C(Cc1cnc[nH]1)NC=O)C(Cc1ccc(O)cc1)C(N)=O. The molecule has 0 spiro atoms. The first-order valence-electron chi connectivity index (χ1n) is 7.93. The second-order valence-corrected chi connectivity index (χ2v) is 5.86. The minimum atomic E-state index is -0.898. The Bertz CT molecular complexity index is 745. The Morgan fingerprint density at radius 2 is 2.04 bits per heavy atom. The van der Waals surface area contributed by atoms with Crippen molar-refractivity contribution >= 4 is 18.2 Å². The molecule has 0 aliphatic rings. The molecule has 2 atom stereocenters. The molecule has 1 aromatic heterocycles. The van der Waals surface area contributed by atoms with Gasteiger partial charge in [-0.15, -0.1) is 0 Å². The zero-order valence-corrected chi connectivity index (χ0v) is 14.3. The molecule has 9 heteroatoms. The molecule has 5 N–H and O–H groups in total. The van der Waals surface area contributed by atoms with Gasteiger partial charge in [0.05, 0.1) is 6.33 Å². The van der Waals surface area contributed by atoms with Crippen molar-refractivity contribution in [2.45, 2.75) is 24.9 Å². The lowest BCUT2D eigenvalue weighted by Gasteiger charge is -2.29. The van der Waals surface area contributed by atoms with Crippen molar-refractivity contribution in [2.24, 2.45) is 5.73 Å². The van der Waals surface area contributed by atoms with Gasteiger partial charge in [0.15, 0.2) is 0 Å². The van der Waals surface area contributed by atoms with Crippen LogP contribution in [0.3, 0.4) is 0 Å². The summed E-state index contributed by atoms with van der Waals surface area (Å²) in [6, 6.07) is 4.52. The normalized spacial score (nSPS) is 12.8. The van der Waals surface area contributed by atoms with Crippen LogP contribution in [0.4, 0.5) is 0 Å². The number of rotatable bonds is 9. The van der Waals surface area contributed by atoms with Gasteiger partial charge in [0.1, 0.15) is 17.8 Å². The average Bonchev–Trinajstić information content (AvgIpc) is 3.12. The van der Waals surface area contributed by atoms with Crippen molar-refractivity contribution in [3.8, 4) is 5.75 Å². The highest BCUT2D eigenvalue weighted by molar-refractivity contribution is 5.90. The molecule has 3 amide bonds. The van der Waals surface area contributed by atoms with E-state index in [0.29, 0.717) is 12.1 Å². The minimum Gasteiger partial charge on any atom is -0.508 e. The van der Waals surface area contributed by atoms with Gasteiger partial charge < -0.3 is 26.0 Å². The topological polar surface area (TPSA) is 141 Å². The standard InChI is InChI=1S/C17H21N5O4/c1-22(15(16(18)25)6-11-2-4-13(24)5-3-11)17(26)14(21-10-23)7-12-8-19-9-20-12/h2-5,8-10,14-15,24H,6-7H2,1H3,(H2,18,25)(H,19,20)(H,21,23). The Morgan fingerprint density at radius 3 is 2.58 bits per heavy atom. The summed E-state index contributed by atoms with van der Waals surface area (Å²) in [4.78, 5) is 43.5. The van der Waals surface area contributed by atoms with E-state index in [4.69, 9.17) is 5.73 Å². The van der Waals surface area contributed by atoms with Crippen molar-refractivity contribution < 1.29 is 19.5 Å². The van der Waals surface area contributed by atoms with Crippen LogP contribution >= 0.6 is 0 Å². The number of aromatic nitrogens is 2. The van der Waals surface area contributed by atoms with Crippen LogP contribution < -0.4 is 11.1 Å². The Kier molecular flexibility index (Phi) is 6.31. The molecular formula is C17H21N5O4. The van der Waals surface area contributed by atoms with E-state index in [9.17, 15) is 19.5 Å². The molecule has 2 aromatic rings. The van der Waals surface area contributed by atoms with Crippen molar-refractivity contribution in [3.05, 3.63) is 48.0 Å². The molecule has 0 saturated heterocycles. The van der Waals surface area contributed by atoms with Gasteiger partial charge in [-0.25, -0.2) is 4.98 Å². The smallest absolute Gasteiger partial charge is 0.245 e. The summed E-state index contributed by atoms with van der Waals surface area (Å²) >= 11 is 0. The number of imidazole rings is 1. The fraction of sp³-hybridized carbons (Fsp3) is 0.294. The Morgan fingerprint density at radius 1 is 1.35 bits per heavy atom. The maximum atomic E-state index is 12.8. The number of likely N-dealkylation sites (N-methyl/N-ethyl adjacent to an activating group) is 1. The Labute approximate surface area is 150 Å². The van der Waals surface area contributed by atoms with Gasteiger partial charge in [0.25, 0.3) is 0 Å². The molecular weight excluding hydrogens is 338 g/mol. The van der Waals surface area contributed by atoms with Crippen LogP contribution in [0.25, 0.3) is 0 Å². The van der Waals surface area contributed by atoms with E-state index in [2.05, 4.69) is 15.3 Å². The van der Waals surface area contributed by atoms with Crippen molar-refractivity contribution in [1.82, 2.24) is 20.2 Å². The van der Waals surface area contributed by atoms with E-state index in [1.165, 1.54) is 30.4 Å². The van der Waals surface area contributed by atoms with E-state index < -0.39 is 23.9 Å². The number of hydrogen-bond donors (Lipinski definition) is 4. The maximum Gasteiger partial charge on any atom is 0.245 e. The summed E-state index contributed by atoms with van der Waals surface area (Å²) < 4.78 is 0. The lowest BCUT2D eigenvalue weighted by atomic mass is 10.0. The lowest BCUT2D eigenvalue weighted by Crippen LogP contribution is -2.53. The first-order chi connectivity index (χ1) is 12.4. The quantitative estimate of drug-likeness (QED) is 0.439. The third kappa shape index (κ3) is 4.82. The molecule has 1 heterocycles. The van der Waals surface area contributed by atoms with Crippen molar-refractivity contribution in [3.63, 3.8) is 0 Å². The summed E-state index contributed by atoms with van der Waals surface area (Å²) in [5.74, 6) is -1.02. The van der Waals surface area contributed by atoms with E-state index in [0.717, 1.165) is 5.56 Å². The van der Waals surface area contributed by atoms with Gasteiger partial charge in [-0.3, -0.25) is 14.4 Å². The largest absolute Gasteiger partial charge is 0.508 e. The number of phenolic OH excluding ortho intramolecular Hbond substituents is 1. The van der Waals surface area contributed by atoms with Gasteiger partial charge in [-0.2, -0.15) is 0 Å². The van der Waals surface area contributed by atoms with Gasteiger partial charge in [0.2, 0.25) is 18.2 Å².